The van der Waals surface area contributed by atoms with Crippen LogP contribution in [0.15, 0.2) is 48.8 Å². The highest BCUT2D eigenvalue weighted by molar-refractivity contribution is 5.95. The largest absolute Gasteiger partial charge is 0.389 e. The second-order valence-electron chi connectivity index (χ2n) is 5.40. The lowest BCUT2D eigenvalue weighted by atomic mass is 10.0. The van der Waals surface area contributed by atoms with Crippen LogP contribution in [0.4, 0.5) is 0 Å². The predicted molar refractivity (Wildman–Crippen MR) is 90.4 cm³/mol. The number of primary amides is 1. The Labute approximate surface area is 133 Å². The van der Waals surface area contributed by atoms with Gasteiger partial charge in [-0.1, -0.05) is 18.2 Å². The van der Waals surface area contributed by atoms with Crippen molar-refractivity contribution in [1.29, 1.82) is 0 Å². The number of carbonyl (C=O) groups excluding carboxylic acids is 1. The third-order valence-electron chi connectivity index (χ3n) is 3.69. The summed E-state index contributed by atoms with van der Waals surface area (Å²) in [6, 6.07) is 9.71. The average Bonchev–Trinajstić information content (AvgIpc) is 2.95. The lowest BCUT2D eigenvalue weighted by Crippen LogP contribution is -2.04. The number of carbonyl (C=O) groups is 1. The highest BCUT2D eigenvalue weighted by Crippen LogP contribution is 2.27. The molecule has 1 atom stereocenters. The van der Waals surface area contributed by atoms with Crippen LogP contribution < -0.4 is 5.73 Å². The Hall–Kier alpha value is -2.92. The van der Waals surface area contributed by atoms with E-state index in [9.17, 15) is 9.90 Å². The first-order chi connectivity index (χ1) is 11.0. The van der Waals surface area contributed by atoms with Gasteiger partial charge in [0.05, 0.1) is 6.10 Å². The molecule has 1 aromatic carbocycles. The number of pyridine rings is 1. The molecule has 1 amide bonds. The third kappa shape index (κ3) is 3.14. The zero-order valence-electron chi connectivity index (χ0n) is 12.7. The van der Waals surface area contributed by atoms with E-state index in [1.54, 1.807) is 25.4 Å². The summed E-state index contributed by atoms with van der Waals surface area (Å²) < 4.78 is 0. The second kappa shape index (κ2) is 6.06. The highest BCUT2D eigenvalue weighted by Gasteiger charge is 2.07. The minimum absolute atomic E-state index is 0.493. The van der Waals surface area contributed by atoms with Gasteiger partial charge in [0.1, 0.15) is 5.65 Å². The Balaban J connectivity index is 2.07. The number of aromatic amines is 1. The molecule has 0 aliphatic heterocycles. The summed E-state index contributed by atoms with van der Waals surface area (Å²) in [5.74, 6) is -0.493. The summed E-state index contributed by atoms with van der Waals surface area (Å²) in [6.45, 7) is 1.74. The molecule has 2 heterocycles. The number of H-pyrrole nitrogens is 1. The molecule has 23 heavy (non-hydrogen) atoms. The van der Waals surface area contributed by atoms with Crippen molar-refractivity contribution in [3.05, 3.63) is 59.9 Å². The quantitative estimate of drug-likeness (QED) is 0.647. The number of nitrogens with two attached hydrogens (primary N) is 1. The van der Waals surface area contributed by atoms with Crippen molar-refractivity contribution < 1.29 is 9.90 Å². The number of rotatable bonds is 4. The number of hydrogen-bond donors (Lipinski definition) is 3. The van der Waals surface area contributed by atoms with Gasteiger partial charge in [-0.2, -0.15) is 0 Å². The molecule has 0 radical (unpaired) electrons. The van der Waals surface area contributed by atoms with Crippen molar-refractivity contribution in [3.63, 3.8) is 0 Å². The number of amides is 1. The van der Waals surface area contributed by atoms with E-state index < -0.39 is 12.0 Å². The minimum Gasteiger partial charge on any atom is -0.389 e. The van der Waals surface area contributed by atoms with Crippen molar-refractivity contribution in [1.82, 2.24) is 9.97 Å². The van der Waals surface area contributed by atoms with Crippen molar-refractivity contribution in [3.8, 4) is 11.1 Å². The average molecular weight is 307 g/mol. The van der Waals surface area contributed by atoms with E-state index >= 15 is 0 Å². The zero-order valence-corrected chi connectivity index (χ0v) is 12.7. The molecule has 0 bridgehead atoms. The molecule has 2 aromatic heterocycles. The van der Waals surface area contributed by atoms with E-state index in [1.807, 2.05) is 30.3 Å². The smallest absolute Gasteiger partial charge is 0.241 e. The van der Waals surface area contributed by atoms with E-state index in [2.05, 4.69) is 9.97 Å². The van der Waals surface area contributed by atoms with Crippen LogP contribution in [-0.2, 0) is 4.79 Å². The third-order valence-corrected chi connectivity index (χ3v) is 3.69. The molecule has 0 aliphatic carbocycles. The Morgan fingerprint density at radius 3 is 2.91 bits per heavy atom. The van der Waals surface area contributed by atoms with Crippen molar-refractivity contribution >= 4 is 23.0 Å². The van der Waals surface area contributed by atoms with Gasteiger partial charge in [-0.05, 0) is 36.3 Å². The van der Waals surface area contributed by atoms with Crippen molar-refractivity contribution in [2.24, 2.45) is 5.73 Å². The molecule has 5 nitrogen and oxygen atoms in total. The van der Waals surface area contributed by atoms with E-state index in [-0.39, 0.29) is 0 Å². The van der Waals surface area contributed by atoms with Crippen LogP contribution in [0.2, 0.25) is 0 Å². The number of benzene rings is 1. The van der Waals surface area contributed by atoms with Gasteiger partial charge in [-0.25, -0.2) is 4.98 Å². The van der Waals surface area contributed by atoms with E-state index in [4.69, 9.17) is 5.73 Å². The molecule has 3 rings (SSSR count). The van der Waals surface area contributed by atoms with Crippen LogP contribution in [0.1, 0.15) is 24.2 Å². The first kappa shape index (κ1) is 15.0. The van der Waals surface area contributed by atoms with Crippen LogP contribution in [0.25, 0.3) is 28.2 Å². The Bertz CT molecular complexity index is 894. The van der Waals surface area contributed by atoms with E-state index in [1.165, 1.54) is 6.08 Å². The normalized spacial score (nSPS) is 12.8. The van der Waals surface area contributed by atoms with E-state index in [0.29, 0.717) is 0 Å². The van der Waals surface area contributed by atoms with Crippen LogP contribution in [-0.4, -0.2) is 21.0 Å². The summed E-state index contributed by atoms with van der Waals surface area (Å²) in [5, 5.41) is 10.6. The van der Waals surface area contributed by atoms with Gasteiger partial charge < -0.3 is 15.8 Å². The number of nitrogens with one attached hydrogen (secondary N) is 1. The SMILES string of the molecule is CC(O)c1cccc(-c2cnc3[nH]cc(C=CC(N)=O)c3c2)c1. The summed E-state index contributed by atoms with van der Waals surface area (Å²) in [5.41, 5.74) is 9.50. The Kier molecular flexibility index (Phi) is 3.95. The number of aliphatic hydroxyl groups excluding tert-OH is 1. The maximum Gasteiger partial charge on any atom is 0.241 e. The maximum atomic E-state index is 10.9. The molecular weight excluding hydrogens is 290 g/mol. The summed E-state index contributed by atoms with van der Waals surface area (Å²) >= 11 is 0. The molecule has 116 valence electrons. The molecule has 5 heteroatoms. The van der Waals surface area contributed by atoms with Crippen molar-refractivity contribution in [2.75, 3.05) is 0 Å². The number of nitrogens with zero attached hydrogens (tertiary/aromatic N) is 1. The van der Waals surface area contributed by atoms with Gasteiger partial charge in [-0.15, -0.1) is 0 Å². The molecule has 4 N–H and O–H groups in total. The fourth-order valence-electron chi connectivity index (χ4n) is 2.47. The number of hydrogen-bond acceptors (Lipinski definition) is 3. The number of aliphatic hydroxyl groups is 1. The van der Waals surface area contributed by atoms with Gasteiger partial charge in [-0.3, -0.25) is 4.79 Å². The van der Waals surface area contributed by atoms with Crippen LogP contribution in [0, 0.1) is 0 Å². The van der Waals surface area contributed by atoms with Crippen LogP contribution >= 0.6 is 0 Å². The van der Waals surface area contributed by atoms with Gasteiger partial charge in [0, 0.05) is 35.0 Å². The summed E-state index contributed by atoms with van der Waals surface area (Å²) in [7, 11) is 0. The summed E-state index contributed by atoms with van der Waals surface area (Å²) in [6.07, 6.45) is 6.03. The molecule has 0 spiro atoms. The molecule has 0 saturated carbocycles. The first-order valence-electron chi connectivity index (χ1n) is 7.27. The monoisotopic (exact) mass is 307 g/mol. The molecule has 0 saturated heterocycles. The predicted octanol–water partition coefficient (Wildman–Crippen LogP) is 2.78. The van der Waals surface area contributed by atoms with Gasteiger partial charge in [0.15, 0.2) is 0 Å². The molecule has 0 aliphatic rings. The van der Waals surface area contributed by atoms with Crippen molar-refractivity contribution in [2.45, 2.75) is 13.0 Å². The number of fused-ring (bicyclic) bond motifs is 1. The highest BCUT2D eigenvalue weighted by atomic mass is 16.3. The first-order valence-corrected chi connectivity index (χ1v) is 7.27. The minimum atomic E-state index is -0.520. The topological polar surface area (TPSA) is 92.0 Å². The van der Waals surface area contributed by atoms with Gasteiger partial charge in [0.25, 0.3) is 0 Å². The second-order valence-corrected chi connectivity index (χ2v) is 5.40. The summed E-state index contributed by atoms with van der Waals surface area (Å²) in [4.78, 5) is 18.4. The molecule has 0 fully saturated rings. The Morgan fingerprint density at radius 1 is 1.35 bits per heavy atom. The lowest BCUT2D eigenvalue weighted by molar-refractivity contribution is -0.113. The number of aromatic nitrogens is 2. The fraction of sp³-hybridized carbons (Fsp3) is 0.111. The molecule has 1 unspecified atom stereocenters. The van der Waals surface area contributed by atoms with Crippen LogP contribution in [0.3, 0.4) is 0 Å². The van der Waals surface area contributed by atoms with E-state index in [0.717, 1.165) is 33.3 Å². The van der Waals surface area contributed by atoms with Gasteiger partial charge >= 0.3 is 0 Å². The van der Waals surface area contributed by atoms with Gasteiger partial charge in [0.2, 0.25) is 5.91 Å². The lowest BCUT2D eigenvalue weighted by Gasteiger charge is -2.08. The maximum absolute atomic E-state index is 10.9. The Morgan fingerprint density at radius 2 is 2.17 bits per heavy atom. The molecular formula is C18H17N3O2. The fourth-order valence-corrected chi connectivity index (χ4v) is 2.47. The standard InChI is InChI=1S/C18H17N3O2/c1-11(22)12-3-2-4-13(7-12)15-8-16-14(5-6-17(19)23)9-20-18(16)21-10-15/h2-11,22H,1H3,(H2,19,23)(H,20,21). The zero-order chi connectivity index (χ0) is 16.4. The van der Waals surface area contributed by atoms with Crippen LogP contribution in [0.5, 0.6) is 0 Å². The molecule has 3 aromatic rings.